The Bertz CT molecular complexity index is 532. The summed E-state index contributed by atoms with van der Waals surface area (Å²) < 4.78 is 15.1. The van der Waals surface area contributed by atoms with Crippen LogP contribution in [0.4, 0.5) is 4.39 Å². The summed E-state index contributed by atoms with van der Waals surface area (Å²) in [6.45, 7) is 5.28. The van der Waals surface area contributed by atoms with E-state index in [2.05, 4.69) is 18.9 Å². The first-order valence-corrected chi connectivity index (χ1v) is 6.11. The zero-order valence-corrected chi connectivity index (χ0v) is 10.7. The van der Waals surface area contributed by atoms with Crippen LogP contribution in [0.15, 0.2) is 30.5 Å². The van der Waals surface area contributed by atoms with Crippen LogP contribution in [0.25, 0.3) is 0 Å². The molecule has 0 bridgehead atoms. The first kappa shape index (κ1) is 12.8. The van der Waals surface area contributed by atoms with Gasteiger partial charge >= 0.3 is 0 Å². The molecule has 0 radical (unpaired) electrons. The summed E-state index contributed by atoms with van der Waals surface area (Å²) in [4.78, 5) is 0. The zero-order valence-electron chi connectivity index (χ0n) is 10.7. The first-order chi connectivity index (χ1) is 8.61. The first-order valence-electron chi connectivity index (χ1n) is 6.11. The molecule has 1 heterocycles. The molecule has 0 unspecified atom stereocenters. The summed E-state index contributed by atoms with van der Waals surface area (Å²) >= 11 is 0. The fourth-order valence-corrected chi connectivity index (χ4v) is 2.19. The zero-order chi connectivity index (χ0) is 13.1. The van der Waals surface area contributed by atoms with Gasteiger partial charge in [-0.05, 0) is 23.6 Å². The predicted octanol–water partition coefficient (Wildman–Crippen LogP) is 2.65. The molecule has 0 saturated heterocycles. The number of rotatable bonds is 4. The minimum atomic E-state index is -0.218. The molecular weight excluding hydrogens is 229 g/mol. The molecule has 0 amide bonds. The molecule has 0 aliphatic carbocycles. The van der Waals surface area contributed by atoms with Crippen LogP contribution in [0.2, 0.25) is 0 Å². The van der Waals surface area contributed by atoms with Crippen LogP contribution in [0.3, 0.4) is 0 Å². The van der Waals surface area contributed by atoms with Gasteiger partial charge in [-0.3, -0.25) is 4.68 Å². The second-order valence-electron chi connectivity index (χ2n) is 4.70. The number of benzene rings is 1. The molecule has 1 aromatic heterocycles. The second-order valence-corrected chi connectivity index (χ2v) is 4.70. The van der Waals surface area contributed by atoms with Crippen LogP contribution in [-0.4, -0.2) is 9.78 Å². The molecule has 2 rings (SSSR count). The third-order valence-electron chi connectivity index (χ3n) is 2.95. The Morgan fingerprint density at radius 2 is 2.17 bits per heavy atom. The molecule has 1 aromatic carbocycles. The number of hydrogen-bond donors (Lipinski definition) is 1. The summed E-state index contributed by atoms with van der Waals surface area (Å²) in [6, 6.07) is 6.60. The lowest BCUT2D eigenvalue weighted by Crippen LogP contribution is -2.10. The van der Waals surface area contributed by atoms with Gasteiger partial charge in [0.1, 0.15) is 5.82 Å². The van der Waals surface area contributed by atoms with Crippen molar-refractivity contribution < 1.29 is 4.39 Å². The van der Waals surface area contributed by atoms with Gasteiger partial charge in [0.25, 0.3) is 0 Å². The van der Waals surface area contributed by atoms with Crippen molar-refractivity contribution in [2.75, 3.05) is 0 Å². The lowest BCUT2D eigenvalue weighted by molar-refractivity contribution is 0.600. The van der Waals surface area contributed by atoms with E-state index in [9.17, 15) is 4.39 Å². The lowest BCUT2D eigenvalue weighted by atomic mass is 10.1. The summed E-state index contributed by atoms with van der Waals surface area (Å²) in [7, 11) is 0. The van der Waals surface area contributed by atoms with Crippen molar-refractivity contribution in [1.82, 2.24) is 9.78 Å². The molecule has 2 N–H and O–H groups in total. The highest BCUT2D eigenvalue weighted by Gasteiger charge is 2.13. The summed E-state index contributed by atoms with van der Waals surface area (Å²) in [5.41, 5.74) is 8.80. The van der Waals surface area contributed by atoms with Crippen molar-refractivity contribution in [2.45, 2.75) is 32.9 Å². The minimum Gasteiger partial charge on any atom is -0.326 e. The molecule has 0 spiro atoms. The number of hydrogen-bond acceptors (Lipinski definition) is 2. The standard InChI is InChI=1S/C14H18FN3/c1-10(2)14-12(7-16)8-17-18(14)9-11-4-3-5-13(15)6-11/h3-6,8,10H,7,9,16H2,1-2H3. The van der Waals surface area contributed by atoms with Crippen LogP contribution in [0.5, 0.6) is 0 Å². The molecule has 96 valence electrons. The van der Waals surface area contributed by atoms with E-state index in [4.69, 9.17) is 5.73 Å². The topological polar surface area (TPSA) is 43.8 Å². The molecule has 0 aliphatic rings. The van der Waals surface area contributed by atoms with Crippen LogP contribution < -0.4 is 5.73 Å². The van der Waals surface area contributed by atoms with Crippen LogP contribution >= 0.6 is 0 Å². The smallest absolute Gasteiger partial charge is 0.123 e. The summed E-state index contributed by atoms with van der Waals surface area (Å²) in [5, 5.41) is 4.35. The highest BCUT2D eigenvalue weighted by molar-refractivity contribution is 5.23. The van der Waals surface area contributed by atoms with Crippen molar-refractivity contribution in [2.24, 2.45) is 5.73 Å². The Morgan fingerprint density at radius 1 is 1.39 bits per heavy atom. The molecule has 2 aromatic rings. The Balaban J connectivity index is 2.32. The SMILES string of the molecule is CC(C)c1c(CN)cnn1Cc1cccc(F)c1. The van der Waals surface area contributed by atoms with Gasteiger partial charge in [0.15, 0.2) is 0 Å². The Kier molecular flexibility index (Phi) is 3.77. The number of nitrogens with two attached hydrogens (primary N) is 1. The molecular formula is C14H18FN3. The van der Waals surface area contributed by atoms with Crippen molar-refractivity contribution >= 4 is 0 Å². The van der Waals surface area contributed by atoms with E-state index in [0.29, 0.717) is 19.0 Å². The quantitative estimate of drug-likeness (QED) is 0.902. The lowest BCUT2D eigenvalue weighted by Gasteiger charge is -2.12. The predicted molar refractivity (Wildman–Crippen MR) is 69.7 cm³/mol. The van der Waals surface area contributed by atoms with E-state index in [1.165, 1.54) is 12.1 Å². The van der Waals surface area contributed by atoms with Crippen molar-refractivity contribution in [3.8, 4) is 0 Å². The number of halogens is 1. The fourth-order valence-electron chi connectivity index (χ4n) is 2.19. The maximum atomic E-state index is 13.2. The maximum Gasteiger partial charge on any atom is 0.123 e. The molecule has 18 heavy (non-hydrogen) atoms. The normalized spacial score (nSPS) is 11.2. The molecule has 0 aliphatic heterocycles. The third kappa shape index (κ3) is 2.59. The fraction of sp³-hybridized carbons (Fsp3) is 0.357. The van der Waals surface area contributed by atoms with E-state index < -0.39 is 0 Å². The van der Waals surface area contributed by atoms with Gasteiger partial charge < -0.3 is 5.73 Å². The molecule has 0 fully saturated rings. The monoisotopic (exact) mass is 247 g/mol. The van der Waals surface area contributed by atoms with Gasteiger partial charge in [-0.2, -0.15) is 5.10 Å². The maximum absolute atomic E-state index is 13.2. The van der Waals surface area contributed by atoms with E-state index in [1.807, 2.05) is 10.7 Å². The third-order valence-corrected chi connectivity index (χ3v) is 2.95. The van der Waals surface area contributed by atoms with Crippen molar-refractivity contribution in [1.29, 1.82) is 0 Å². The van der Waals surface area contributed by atoms with E-state index in [1.54, 1.807) is 12.3 Å². The van der Waals surface area contributed by atoms with Gasteiger partial charge in [-0.1, -0.05) is 26.0 Å². The average Bonchev–Trinajstić information content (AvgIpc) is 2.72. The second kappa shape index (κ2) is 5.31. The summed E-state index contributed by atoms with van der Waals surface area (Å²) in [5.74, 6) is 0.129. The van der Waals surface area contributed by atoms with Crippen molar-refractivity contribution in [3.63, 3.8) is 0 Å². The van der Waals surface area contributed by atoms with E-state index in [-0.39, 0.29) is 5.82 Å². The largest absolute Gasteiger partial charge is 0.326 e. The molecule has 0 saturated carbocycles. The Hall–Kier alpha value is -1.68. The molecule has 4 heteroatoms. The van der Waals surface area contributed by atoms with Crippen LogP contribution in [0.1, 0.15) is 36.6 Å². The van der Waals surface area contributed by atoms with Crippen LogP contribution in [-0.2, 0) is 13.1 Å². The van der Waals surface area contributed by atoms with Gasteiger partial charge in [-0.15, -0.1) is 0 Å². The molecule has 3 nitrogen and oxygen atoms in total. The highest BCUT2D eigenvalue weighted by atomic mass is 19.1. The number of nitrogens with zero attached hydrogens (tertiary/aromatic N) is 2. The van der Waals surface area contributed by atoms with E-state index in [0.717, 1.165) is 16.8 Å². The van der Waals surface area contributed by atoms with Gasteiger partial charge in [-0.25, -0.2) is 4.39 Å². The summed E-state index contributed by atoms with van der Waals surface area (Å²) in [6.07, 6.45) is 1.80. The van der Waals surface area contributed by atoms with Gasteiger partial charge in [0.2, 0.25) is 0 Å². The average molecular weight is 247 g/mol. The highest BCUT2D eigenvalue weighted by Crippen LogP contribution is 2.20. The van der Waals surface area contributed by atoms with E-state index >= 15 is 0 Å². The number of aromatic nitrogens is 2. The Labute approximate surface area is 106 Å². The molecule has 0 atom stereocenters. The minimum absolute atomic E-state index is 0.218. The van der Waals surface area contributed by atoms with Crippen molar-refractivity contribution in [3.05, 3.63) is 53.1 Å². The Morgan fingerprint density at radius 3 is 2.78 bits per heavy atom. The van der Waals surface area contributed by atoms with Gasteiger partial charge in [0, 0.05) is 17.8 Å². The van der Waals surface area contributed by atoms with Gasteiger partial charge in [0.05, 0.1) is 12.7 Å². The van der Waals surface area contributed by atoms with Crippen LogP contribution in [0, 0.1) is 5.82 Å².